The molecule has 0 unspecified atom stereocenters. The van der Waals surface area contributed by atoms with Gasteiger partial charge in [0.1, 0.15) is 0 Å². The summed E-state index contributed by atoms with van der Waals surface area (Å²) in [7, 11) is -3.50. The number of piperazine rings is 1. The summed E-state index contributed by atoms with van der Waals surface area (Å²) in [6.07, 6.45) is 0. The van der Waals surface area contributed by atoms with Crippen LogP contribution in [0.25, 0.3) is 0 Å². The third-order valence-corrected chi connectivity index (χ3v) is 6.09. The fraction of sp³-hybridized carbons (Fsp3) is 0.316. The number of nitrogens with one attached hydrogen (secondary N) is 1. The van der Waals surface area contributed by atoms with Gasteiger partial charge < -0.3 is 10.2 Å². The zero-order valence-electron chi connectivity index (χ0n) is 14.6. The number of hydrogen-bond donors (Lipinski definition) is 1. The van der Waals surface area contributed by atoms with E-state index in [9.17, 15) is 13.2 Å². The minimum absolute atomic E-state index is 0. The molecular weight excluding hydrogens is 372 g/mol. The predicted octanol–water partition coefficient (Wildman–Crippen LogP) is 2.52. The highest BCUT2D eigenvalue weighted by Gasteiger charge is 2.25. The minimum atomic E-state index is -3.50. The summed E-state index contributed by atoms with van der Waals surface area (Å²) in [5.74, 6) is -0.194. The van der Waals surface area contributed by atoms with Crippen LogP contribution >= 0.6 is 12.4 Å². The maximum atomic E-state index is 12.8. The molecule has 2 aromatic rings. The van der Waals surface area contributed by atoms with E-state index in [0.29, 0.717) is 12.1 Å². The lowest BCUT2D eigenvalue weighted by molar-refractivity contribution is 0.0655. The first kappa shape index (κ1) is 20.4. The Labute approximate surface area is 160 Å². The number of carbonyl (C=O) groups is 1. The van der Waals surface area contributed by atoms with Crippen LogP contribution in [0.4, 0.5) is 0 Å². The average molecular weight is 395 g/mol. The Kier molecular flexibility index (Phi) is 6.81. The Morgan fingerprint density at radius 1 is 1.15 bits per heavy atom. The summed E-state index contributed by atoms with van der Waals surface area (Å²) in [4.78, 5) is 14.7. The molecule has 7 heteroatoms. The quantitative estimate of drug-likeness (QED) is 0.865. The van der Waals surface area contributed by atoms with Crippen molar-refractivity contribution in [2.45, 2.75) is 23.6 Å². The van der Waals surface area contributed by atoms with E-state index in [2.05, 4.69) is 5.32 Å². The normalized spacial score (nSPS) is 17.4. The molecule has 0 bridgehead atoms. The number of halogens is 1. The number of amides is 1. The molecule has 26 heavy (non-hydrogen) atoms. The minimum Gasteiger partial charge on any atom is -0.333 e. The van der Waals surface area contributed by atoms with Gasteiger partial charge in [0.05, 0.1) is 10.6 Å². The predicted molar refractivity (Wildman–Crippen MR) is 104 cm³/mol. The van der Waals surface area contributed by atoms with Gasteiger partial charge in [0.15, 0.2) is 9.84 Å². The van der Waals surface area contributed by atoms with Crippen LogP contribution in [0.2, 0.25) is 0 Å². The molecule has 1 heterocycles. The van der Waals surface area contributed by atoms with E-state index in [-0.39, 0.29) is 35.0 Å². The first-order valence-corrected chi connectivity index (χ1v) is 10.0. The van der Waals surface area contributed by atoms with Crippen molar-refractivity contribution in [2.24, 2.45) is 0 Å². The van der Waals surface area contributed by atoms with Crippen LogP contribution in [-0.2, 0) is 15.6 Å². The molecule has 5 nitrogen and oxygen atoms in total. The van der Waals surface area contributed by atoms with Gasteiger partial charge in [-0.25, -0.2) is 8.42 Å². The van der Waals surface area contributed by atoms with E-state index >= 15 is 0 Å². The molecule has 0 aromatic heterocycles. The standard InChI is InChI=1S/C19H22N2O3S.ClH/c1-15-13-20-10-11-21(15)19(22)17-8-5-9-18(12-17)25(23,24)14-16-6-3-2-4-7-16;/h2-9,12,15,20H,10-11,13-14H2,1H3;1H/t15-;/m1./s1. The lowest BCUT2D eigenvalue weighted by Crippen LogP contribution is -2.52. The molecule has 1 fully saturated rings. The third kappa shape index (κ3) is 4.63. The van der Waals surface area contributed by atoms with E-state index in [0.717, 1.165) is 18.7 Å². The number of carbonyl (C=O) groups excluding carboxylic acids is 1. The summed E-state index contributed by atoms with van der Waals surface area (Å²) in [5.41, 5.74) is 1.15. The van der Waals surface area contributed by atoms with Gasteiger partial charge in [-0.1, -0.05) is 36.4 Å². The fourth-order valence-electron chi connectivity index (χ4n) is 3.01. The van der Waals surface area contributed by atoms with Crippen LogP contribution in [-0.4, -0.2) is 44.9 Å². The number of benzene rings is 2. The fourth-order valence-corrected chi connectivity index (χ4v) is 4.40. The Balaban J connectivity index is 0.00000243. The van der Waals surface area contributed by atoms with Crippen LogP contribution in [0.5, 0.6) is 0 Å². The first-order valence-electron chi connectivity index (χ1n) is 8.36. The molecule has 140 valence electrons. The largest absolute Gasteiger partial charge is 0.333 e. The molecule has 3 rings (SSSR count). The van der Waals surface area contributed by atoms with Crippen LogP contribution < -0.4 is 5.32 Å². The maximum absolute atomic E-state index is 12.8. The third-order valence-electron chi connectivity index (χ3n) is 4.40. The molecule has 0 spiro atoms. The Morgan fingerprint density at radius 3 is 2.58 bits per heavy atom. The van der Waals surface area contributed by atoms with Gasteiger partial charge in [-0.15, -0.1) is 12.4 Å². The van der Waals surface area contributed by atoms with Gasteiger partial charge in [0.2, 0.25) is 0 Å². The van der Waals surface area contributed by atoms with Crippen molar-refractivity contribution < 1.29 is 13.2 Å². The highest BCUT2D eigenvalue weighted by Crippen LogP contribution is 2.19. The lowest BCUT2D eigenvalue weighted by atomic mass is 10.1. The second kappa shape index (κ2) is 8.66. The Bertz CT molecular complexity index is 856. The van der Waals surface area contributed by atoms with Crippen molar-refractivity contribution in [1.29, 1.82) is 0 Å². The second-order valence-electron chi connectivity index (χ2n) is 6.32. The van der Waals surface area contributed by atoms with Gasteiger partial charge in [-0.2, -0.15) is 0 Å². The summed E-state index contributed by atoms with van der Waals surface area (Å²) in [6.45, 7) is 4.11. The highest BCUT2D eigenvalue weighted by molar-refractivity contribution is 7.90. The summed E-state index contributed by atoms with van der Waals surface area (Å²) < 4.78 is 25.4. The van der Waals surface area contributed by atoms with Crippen molar-refractivity contribution in [1.82, 2.24) is 10.2 Å². The van der Waals surface area contributed by atoms with Gasteiger partial charge >= 0.3 is 0 Å². The average Bonchev–Trinajstić information content (AvgIpc) is 2.62. The van der Waals surface area contributed by atoms with Crippen LogP contribution in [0.15, 0.2) is 59.5 Å². The summed E-state index contributed by atoms with van der Waals surface area (Å²) >= 11 is 0. The molecule has 1 aliphatic heterocycles. The van der Waals surface area contributed by atoms with Gasteiger partial charge in [-0.05, 0) is 30.7 Å². The van der Waals surface area contributed by atoms with E-state index in [4.69, 9.17) is 0 Å². The number of rotatable bonds is 4. The smallest absolute Gasteiger partial charge is 0.254 e. The number of hydrogen-bond acceptors (Lipinski definition) is 4. The SMILES string of the molecule is C[C@@H]1CNCCN1C(=O)c1cccc(S(=O)(=O)Cc2ccccc2)c1.Cl. The van der Waals surface area contributed by atoms with Crippen molar-refractivity contribution in [3.8, 4) is 0 Å². The topological polar surface area (TPSA) is 66.5 Å². The molecule has 1 aliphatic rings. The highest BCUT2D eigenvalue weighted by atomic mass is 35.5. The van der Waals surface area contributed by atoms with E-state index in [1.54, 1.807) is 35.2 Å². The molecule has 0 radical (unpaired) electrons. The monoisotopic (exact) mass is 394 g/mol. The summed E-state index contributed by atoms with van der Waals surface area (Å²) in [6, 6.07) is 15.5. The van der Waals surface area contributed by atoms with Crippen molar-refractivity contribution in [3.63, 3.8) is 0 Å². The van der Waals surface area contributed by atoms with Crippen LogP contribution in [0.3, 0.4) is 0 Å². The molecule has 1 amide bonds. The van der Waals surface area contributed by atoms with Crippen molar-refractivity contribution in [2.75, 3.05) is 19.6 Å². The molecule has 1 atom stereocenters. The summed E-state index contributed by atoms with van der Waals surface area (Å²) in [5, 5.41) is 3.24. The number of sulfone groups is 1. The van der Waals surface area contributed by atoms with Crippen LogP contribution in [0.1, 0.15) is 22.8 Å². The molecule has 0 aliphatic carbocycles. The second-order valence-corrected chi connectivity index (χ2v) is 8.31. The molecule has 0 saturated carbocycles. The maximum Gasteiger partial charge on any atom is 0.254 e. The van der Waals surface area contributed by atoms with Gasteiger partial charge in [0, 0.05) is 31.2 Å². The first-order chi connectivity index (χ1) is 12.0. The molecular formula is C19H23ClN2O3S. The van der Waals surface area contributed by atoms with Gasteiger partial charge in [-0.3, -0.25) is 4.79 Å². The Morgan fingerprint density at radius 2 is 1.88 bits per heavy atom. The lowest BCUT2D eigenvalue weighted by Gasteiger charge is -2.34. The molecule has 1 N–H and O–H groups in total. The van der Waals surface area contributed by atoms with Crippen molar-refractivity contribution in [3.05, 3.63) is 65.7 Å². The van der Waals surface area contributed by atoms with E-state index in [1.807, 2.05) is 25.1 Å². The van der Waals surface area contributed by atoms with E-state index in [1.165, 1.54) is 6.07 Å². The molecule has 2 aromatic carbocycles. The Hall–Kier alpha value is -1.89. The zero-order chi connectivity index (χ0) is 17.9. The van der Waals surface area contributed by atoms with Crippen LogP contribution in [0, 0.1) is 0 Å². The number of nitrogens with zero attached hydrogens (tertiary/aromatic N) is 1. The molecule has 1 saturated heterocycles. The van der Waals surface area contributed by atoms with E-state index < -0.39 is 9.84 Å². The van der Waals surface area contributed by atoms with Crippen molar-refractivity contribution >= 4 is 28.2 Å². The van der Waals surface area contributed by atoms with Gasteiger partial charge in [0.25, 0.3) is 5.91 Å². The zero-order valence-corrected chi connectivity index (χ0v) is 16.2.